The van der Waals surface area contributed by atoms with Gasteiger partial charge in [-0.2, -0.15) is 0 Å². The fourth-order valence-electron chi connectivity index (χ4n) is 3.00. The summed E-state index contributed by atoms with van der Waals surface area (Å²) in [5, 5.41) is 0. The van der Waals surface area contributed by atoms with Crippen molar-refractivity contribution in [3.8, 4) is 0 Å². The molecule has 0 saturated heterocycles. The van der Waals surface area contributed by atoms with Crippen LogP contribution in [0.4, 0.5) is 0 Å². The van der Waals surface area contributed by atoms with E-state index in [1.54, 1.807) is 0 Å². The Labute approximate surface area is 148 Å². The Morgan fingerprint density at radius 1 is 0.696 bits per heavy atom. The van der Waals surface area contributed by atoms with Crippen molar-refractivity contribution in [2.24, 2.45) is 0 Å². The zero-order valence-electron chi connectivity index (χ0n) is 15.8. The Hall–Kier alpha value is 0.01000. The van der Waals surface area contributed by atoms with Crippen LogP contribution in [-0.4, -0.2) is 27.6 Å². The molecule has 3 heteroatoms. The normalized spacial score (nSPS) is 12.1. The van der Waals surface area contributed by atoms with E-state index < -0.39 is 0 Å². The minimum Gasteiger partial charge on any atom is -0.257 e. The summed E-state index contributed by atoms with van der Waals surface area (Å²) in [5.74, 6) is 0. The fourth-order valence-corrected chi connectivity index (χ4v) is 7.95. The third-order valence-electron chi connectivity index (χ3n) is 4.21. The summed E-state index contributed by atoms with van der Waals surface area (Å²) < 4.78 is 0. The minimum atomic E-state index is 0. The maximum absolute atomic E-state index is 5.01. The molecule has 1 nitrogen and oxygen atoms in total. The lowest BCUT2D eigenvalue weighted by molar-refractivity contribution is 0.967. The molecule has 0 radical (unpaired) electrons. The zero-order valence-corrected chi connectivity index (χ0v) is 17.6. The molecule has 0 aliphatic heterocycles. The van der Waals surface area contributed by atoms with Crippen LogP contribution in [0.1, 0.15) is 74.2 Å². The van der Waals surface area contributed by atoms with Gasteiger partial charge in [0.15, 0.2) is 0 Å². The van der Waals surface area contributed by atoms with Gasteiger partial charge < -0.3 is 0 Å². The molecule has 0 bridgehead atoms. The average molecular weight is 355 g/mol. The molecular weight excluding hydrogens is 316 g/mol. The van der Waals surface area contributed by atoms with E-state index in [1.807, 2.05) is 0 Å². The van der Waals surface area contributed by atoms with Crippen LogP contribution in [0.15, 0.2) is 18.2 Å². The van der Waals surface area contributed by atoms with Crippen molar-refractivity contribution in [1.29, 1.82) is 0 Å². The standard InChI is InChI=1S/C19H35NP2.CH4/c1-14(2)21(15(3)4)12-18-10-9-11-19(20-18)13-22(16(5)6)17(7)8;/h9-11,14-17H,12-13H2,1-8H3;1H4. The Morgan fingerprint density at radius 2 is 1.00 bits per heavy atom. The molecule has 0 saturated carbocycles. The maximum atomic E-state index is 5.01. The summed E-state index contributed by atoms with van der Waals surface area (Å²) in [7, 11) is 0.0605. The number of rotatable bonds is 8. The van der Waals surface area contributed by atoms with E-state index >= 15 is 0 Å². The predicted molar refractivity (Wildman–Crippen MR) is 113 cm³/mol. The second-order valence-corrected chi connectivity index (χ2v) is 14.2. The molecule has 0 spiro atoms. The van der Waals surface area contributed by atoms with Gasteiger partial charge in [0.05, 0.1) is 0 Å². The molecule has 1 aromatic heterocycles. The Balaban J connectivity index is 0.00000484. The molecule has 1 heterocycles. The van der Waals surface area contributed by atoms with Crippen molar-refractivity contribution >= 4 is 15.8 Å². The van der Waals surface area contributed by atoms with Crippen LogP contribution in [0.5, 0.6) is 0 Å². The van der Waals surface area contributed by atoms with E-state index in [9.17, 15) is 0 Å². The molecule has 1 aromatic rings. The second kappa shape index (κ2) is 10.8. The van der Waals surface area contributed by atoms with E-state index in [2.05, 4.69) is 73.6 Å². The van der Waals surface area contributed by atoms with E-state index in [-0.39, 0.29) is 23.3 Å². The van der Waals surface area contributed by atoms with Crippen LogP contribution < -0.4 is 0 Å². The van der Waals surface area contributed by atoms with Crippen molar-refractivity contribution in [1.82, 2.24) is 4.98 Å². The highest BCUT2D eigenvalue weighted by Crippen LogP contribution is 2.50. The Kier molecular flexibility index (Phi) is 10.8. The molecule has 1 rings (SSSR count). The average Bonchev–Trinajstić information content (AvgIpc) is 2.41. The van der Waals surface area contributed by atoms with Crippen LogP contribution in [0.25, 0.3) is 0 Å². The summed E-state index contributed by atoms with van der Waals surface area (Å²) >= 11 is 0. The van der Waals surface area contributed by atoms with Crippen LogP contribution in [0.3, 0.4) is 0 Å². The molecule has 0 atom stereocenters. The van der Waals surface area contributed by atoms with Gasteiger partial charge in [-0.25, -0.2) is 0 Å². The smallest absolute Gasteiger partial charge is 0.0450 e. The molecule has 0 N–H and O–H groups in total. The highest BCUT2D eigenvalue weighted by Gasteiger charge is 2.20. The first kappa shape index (κ1) is 23.0. The monoisotopic (exact) mass is 355 g/mol. The first-order valence-electron chi connectivity index (χ1n) is 8.68. The molecular formula is C20H39NP2. The van der Waals surface area contributed by atoms with Gasteiger partial charge in [-0.05, 0) is 34.8 Å². The van der Waals surface area contributed by atoms with Crippen LogP contribution >= 0.6 is 15.8 Å². The Bertz CT molecular complexity index is 388. The summed E-state index contributed by atoms with van der Waals surface area (Å²) in [5.41, 5.74) is 5.75. The SMILES string of the molecule is C.CC(C)P(Cc1cccc(CP(C(C)C)C(C)C)n1)C(C)C. The molecule has 0 aliphatic carbocycles. The third kappa shape index (κ3) is 7.62. The lowest BCUT2D eigenvalue weighted by Crippen LogP contribution is -2.08. The van der Waals surface area contributed by atoms with Crippen molar-refractivity contribution in [2.75, 3.05) is 0 Å². The van der Waals surface area contributed by atoms with Gasteiger partial charge in [0, 0.05) is 23.7 Å². The van der Waals surface area contributed by atoms with Crippen molar-refractivity contribution in [3.05, 3.63) is 29.6 Å². The Morgan fingerprint density at radius 3 is 1.26 bits per heavy atom. The molecule has 0 unspecified atom stereocenters. The van der Waals surface area contributed by atoms with Gasteiger partial charge in [-0.3, -0.25) is 4.98 Å². The van der Waals surface area contributed by atoms with Crippen LogP contribution in [0, 0.1) is 0 Å². The largest absolute Gasteiger partial charge is 0.257 e. The minimum absolute atomic E-state index is 0. The van der Waals surface area contributed by atoms with Gasteiger partial charge in [-0.15, -0.1) is 0 Å². The molecule has 0 aliphatic rings. The topological polar surface area (TPSA) is 12.9 Å². The fraction of sp³-hybridized carbons (Fsp3) is 0.750. The van der Waals surface area contributed by atoms with E-state index in [4.69, 9.17) is 4.98 Å². The number of aromatic nitrogens is 1. The predicted octanol–water partition coefficient (Wildman–Crippen LogP) is 7.32. The van der Waals surface area contributed by atoms with Crippen molar-refractivity contribution in [3.63, 3.8) is 0 Å². The lowest BCUT2D eigenvalue weighted by Gasteiger charge is -2.27. The highest BCUT2D eigenvalue weighted by molar-refractivity contribution is 7.58. The van der Waals surface area contributed by atoms with Gasteiger partial charge in [-0.1, -0.05) is 84.7 Å². The number of pyridine rings is 1. The van der Waals surface area contributed by atoms with Gasteiger partial charge in [0.25, 0.3) is 0 Å². The van der Waals surface area contributed by atoms with Crippen LogP contribution in [-0.2, 0) is 12.3 Å². The first-order chi connectivity index (χ1) is 10.2. The molecule has 23 heavy (non-hydrogen) atoms. The van der Waals surface area contributed by atoms with Gasteiger partial charge in [0.2, 0.25) is 0 Å². The van der Waals surface area contributed by atoms with Crippen molar-refractivity contribution in [2.45, 2.75) is 97.8 Å². The summed E-state index contributed by atoms with van der Waals surface area (Å²) in [6.07, 6.45) is 2.36. The molecule has 0 fully saturated rings. The molecule has 0 amide bonds. The third-order valence-corrected chi connectivity index (χ3v) is 10.9. The lowest BCUT2D eigenvalue weighted by atomic mass is 10.3. The quantitative estimate of drug-likeness (QED) is 0.445. The van der Waals surface area contributed by atoms with Crippen molar-refractivity contribution < 1.29 is 0 Å². The zero-order chi connectivity index (χ0) is 16.9. The van der Waals surface area contributed by atoms with Crippen LogP contribution in [0.2, 0.25) is 0 Å². The molecule has 134 valence electrons. The van der Waals surface area contributed by atoms with E-state index in [0.717, 1.165) is 22.6 Å². The molecule has 0 aromatic carbocycles. The summed E-state index contributed by atoms with van der Waals surface area (Å²) in [6, 6.07) is 6.69. The maximum Gasteiger partial charge on any atom is 0.0450 e. The van der Waals surface area contributed by atoms with E-state index in [1.165, 1.54) is 23.7 Å². The number of nitrogens with zero attached hydrogens (tertiary/aromatic N) is 1. The highest BCUT2D eigenvalue weighted by atomic mass is 31.1. The number of hydrogen-bond acceptors (Lipinski definition) is 1. The summed E-state index contributed by atoms with van der Waals surface area (Å²) in [4.78, 5) is 5.01. The van der Waals surface area contributed by atoms with Gasteiger partial charge in [0.1, 0.15) is 0 Å². The number of hydrogen-bond donors (Lipinski definition) is 0. The summed E-state index contributed by atoms with van der Waals surface area (Å²) in [6.45, 7) is 18.9. The van der Waals surface area contributed by atoms with Gasteiger partial charge >= 0.3 is 0 Å². The second-order valence-electron chi connectivity index (χ2n) is 7.34. The first-order valence-corrected chi connectivity index (χ1v) is 12.0. The van der Waals surface area contributed by atoms with E-state index in [0.29, 0.717) is 0 Å².